The summed E-state index contributed by atoms with van der Waals surface area (Å²) in [6.07, 6.45) is -1.07. The number of carbonyl (C=O) groups is 2. The number of ether oxygens (including phenoxy) is 2. The van der Waals surface area contributed by atoms with Crippen LogP contribution in [0.25, 0.3) is 0 Å². The minimum atomic E-state index is -0.545. The van der Waals surface area contributed by atoms with Gasteiger partial charge in [0.05, 0.1) is 19.8 Å². The van der Waals surface area contributed by atoms with E-state index in [1.54, 1.807) is 13.8 Å². The molecule has 1 aliphatic rings. The molecule has 18 heavy (non-hydrogen) atoms. The maximum atomic E-state index is 11.8. The summed E-state index contributed by atoms with van der Waals surface area (Å²) in [7, 11) is 0. The third-order valence-electron chi connectivity index (χ3n) is 2.73. The van der Waals surface area contributed by atoms with E-state index in [1.807, 2.05) is 6.92 Å². The van der Waals surface area contributed by atoms with Crippen LogP contribution >= 0.6 is 12.6 Å². The van der Waals surface area contributed by atoms with Gasteiger partial charge in [-0.25, -0.2) is 19.6 Å². The minimum Gasteiger partial charge on any atom is -0.448 e. The second-order valence-electron chi connectivity index (χ2n) is 4.11. The first-order valence-corrected chi connectivity index (χ1v) is 6.59. The van der Waals surface area contributed by atoms with Gasteiger partial charge < -0.3 is 9.47 Å². The molecular weight excluding hydrogens is 256 g/mol. The lowest BCUT2D eigenvalue weighted by Crippen LogP contribution is -2.59. The summed E-state index contributed by atoms with van der Waals surface area (Å²) in [4.78, 5) is 23.6. The van der Waals surface area contributed by atoms with Crippen molar-refractivity contribution in [2.45, 2.75) is 26.0 Å². The second kappa shape index (κ2) is 6.72. The van der Waals surface area contributed by atoms with E-state index in [-0.39, 0.29) is 24.4 Å². The first kappa shape index (κ1) is 14.9. The summed E-state index contributed by atoms with van der Waals surface area (Å²) >= 11 is 4.41. The van der Waals surface area contributed by atoms with Crippen molar-refractivity contribution in [2.75, 3.05) is 26.3 Å². The van der Waals surface area contributed by atoms with Crippen molar-refractivity contribution >= 4 is 24.8 Å². The Balaban J connectivity index is 2.80. The number of carbonyl (C=O) groups excluding carboxylic acids is 2. The van der Waals surface area contributed by atoms with Crippen LogP contribution in [0.15, 0.2) is 0 Å². The lowest BCUT2D eigenvalue weighted by atomic mass is 10.1. The fraction of sp³-hybridized carbons (Fsp3) is 0.818. The molecule has 0 aromatic heterocycles. The number of hydrogen-bond acceptors (Lipinski definition) is 5. The van der Waals surface area contributed by atoms with Crippen molar-refractivity contribution < 1.29 is 19.1 Å². The largest absolute Gasteiger partial charge is 0.448 e. The zero-order valence-electron chi connectivity index (χ0n) is 11.0. The Morgan fingerprint density at radius 2 is 1.56 bits per heavy atom. The molecule has 0 aliphatic carbocycles. The lowest BCUT2D eigenvalue weighted by molar-refractivity contribution is -0.0456. The van der Waals surface area contributed by atoms with Gasteiger partial charge in [-0.2, -0.15) is 12.6 Å². The molecule has 0 aromatic rings. The van der Waals surface area contributed by atoms with Crippen LogP contribution in [-0.2, 0) is 9.47 Å². The van der Waals surface area contributed by atoms with E-state index in [2.05, 4.69) is 12.6 Å². The maximum Gasteiger partial charge on any atom is 0.428 e. The van der Waals surface area contributed by atoms with Crippen LogP contribution in [0.2, 0.25) is 0 Å². The zero-order chi connectivity index (χ0) is 13.7. The molecule has 0 bridgehead atoms. The first-order chi connectivity index (χ1) is 8.51. The second-order valence-corrected chi connectivity index (χ2v) is 4.77. The quantitative estimate of drug-likeness (QED) is 0.781. The molecule has 6 nitrogen and oxygen atoms in total. The Morgan fingerprint density at radius 3 is 2.00 bits per heavy atom. The average molecular weight is 276 g/mol. The monoisotopic (exact) mass is 276 g/mol. The molecule has 2 atom stereocenters. The highest BCUT2D eigenvalue weighted by molar-refractivity contribution is 7.81. The van der Waals surface area contributed by atoms with Gasteiger partial charge in [-0.05, 0) is 19.8 Å². The van der Waals surface area contributed by atoms with E-state index in [4.69, 9.17) is 9.47 Å². The number of hydrogen-bond donors (Lipinski definition) is 1. The number of rotatable bonds is 2. The Hall–Kier alpha value is -1.11. The maximum absolute atomic E-state index is 11.8. The highest BCUT2D eigenvalue weighted by Gasteiger charge is 2.37. The summed E-state index contributed by atoms with van der Waals surface area (Å²) in [5.41, 5.74) is 0. The smallest absolute Gasteiger partial charge is 0.428 e. The van der Waals surface area contributed by atoms with Crippen molar-refractivity contribution in [1.82, 2.24) is 10.0 Å². The number of thiol groups is 1. The van der Waals surface area contributed by atoms with E-state index in [1.165, 1.54) is 10.0 Å². The van der Waals surface area contributed by atoms with Crippen molar-refractivity contribution in [3.63, 3.8) is 0 Å². The molecular formula is C11H20N2O4S. The molecule has 7 heteroatoms. The van der Waals surface area contributed by atoms with E-state index in [9.17, 15) is 9.59 Å². The minimum absolute atomic E-state index is 0.0140. The molecule has 0 spiro atoms. The highest BCUT2D eigenvalue weighted by atomic mass is 32.1. The Morgan fingerprint density at radius 1 is 1.11 bits per heavy atom. The number of nitrogens with zero attached hydrogens (tertiary/aromatic N) is 2. The number of hydrazine groups is 1. The van der Waals surface area contributed by atoms with Crippen LogP contribution in [0.1, 0.15) is 20.8 Å². The van der Waals surface area contributed by atoms with Gasteiger partial charge >= 0.3 is 12.2 Å². The molecule has 0 N–H and O–H groups in total. The Bertz CT molecular complexity index is 283. The third-order valence-corrected chi connectivity index (χ3v) is 3.40. The summed E-state index contributed by atoms with van der Waals surface area (Å²) < 4.78 is 9.86. The fourth-order valence-electron chi connectivity index (χ4n) is 1.69. The van der Waals surface area contributed by atoms with E-state index in [0.717, 1.165) is 0 Å². The van der Waals surface area contributed by atoms with E-state index in [0.29, 0.717) is 13.1 Å². The van der Waals surface area contributed by atoms with E-state index < -0.39 is 12.2 Å². The summed E-state index contributed by atoms with van der Waals surface area (Å²) in [5, 5.41) is 2.57. The van der Waals surface area contributed by atoms with Gasteiger partial charge in [0.25, 0.3) is 0 Å². The van der Waals surface area contributed by atoms with Gasteiger partial charge in [0.1, 0.15) is 0 Å². The zero-order valence-corrected chi connectivity index (χ0v) is 11.9. The van der Waals surface area contributed by atoms with Crippen molar-refractivity contribution in [2.24, 2.45) is 5.92 Å². The average Bonchev–Trinajstić information content (AvgIpc) is 2.32. The molecule has 0 aromatic carbocycles. The first-order valence-electron chi connectivity index (χ1n) is 6.07. The predicted octanol–water partition coefficient (Wildman–Crippen LogP) is 1.77. The van der Waals surface area contributed by atoms with Crippen LogP contribution in [0.5, 0.6) is 0 Å². The highest BCUT2D eigenvalue weighted by Crippen LogP contribution is 2.22. The lowest BCUT2D eigenvalue weighted by Gasteiger charge is -2.41. The normalized spacial score (nSPS) is 23.8. The van der Waals surface area contributed by atoms with Gasteiger partial charge in [0, 0.05) is 11.8 Å². The third kappa shape index (κ3) is 3.44. The fourth-order valence-corrected chi connectivity index (χ4v) is 1.94. The van der Waals surface area contributed by atoms with Crippen molar-refractivity contribution in [1.29, 1.82) is 0 Å². The van der Waals surface area contributed by atoms with Crippen molar-refractivity contribution in [3.8, 4) is 0 Å². The number of amides is 2. The SMILES string of the molecule is CCOC(=O)N1CC(C)C(S)CN1C(=O)OCC. The molecule has 1 heterocycles. The van der Waals surface area contributed by atoms with Crippen molar-refractivity contribution in [3.05, 3.63) is 0 Å². The van der Waals surface area contributed by atoms with Crippen LogP contribution in [0.4, 0.5) is 9.59 Å². The summed E-state index contributed by atoms with van der Waals surface area (Å²) in [6.45, 7) is 6.68. The van der Waals surface area contributed by atoms with Gasteiger partial charge in [0.15, 0.2) is 0 Å². The standard InChI is InChI=1S/C11H20N2O4S/c1-4-16-10(14)12-6-8(3)9(18)7-13(12)11(15)17-5-2/h8-9,18H,4-7H2,1-3H3. The molecule has 1 fully saturated rings. The Labute approximate surface area is 113 Å². The van der Waals surface area contributed by atoms with Crippen LogP contribution in [0.3, 0.4) is 0 Å². The molecule has 2 unspecified atom stereocenters. The summed E-state index contributed by atoms with van der Waals surface area (Å²) in [5.74, 6) is 0.184. The molecule has 1 saturated heterocycles. The topological polar surface area (TPSA) is 59.1 Å². The van der Waals surface area contributed by atoms with E-state index >= 15 is 0 Å². The molecule has 0 radical (unpaired) electrons. The molecule has 0 saturated carbocycles. The molecule has 1 rings (SSSR count). The van der Waals surface area contributed by atoms with Gasteiger partial charge in [-0.3, -0.25) is 0 Å². The predicted molar refractivity (Wildman–Crippen MR) is 69.4 cm³/mol. The Kier molecular flexibility index (Phi) is 5.58. The van der Waals surface area contributed by atoms with Crippen LogP contribution in [0, 0.1) is 5.92 Å². The molecule has 1 aliphatic heterocycles. The van der Waals surface area contributed by atoms with Gasteiger partial charge in [0.2, 0.25) is 0 Å². The van der Waals surface area contributed by atoms with Crippen LogP contribution in [-0.4, -0.2) is 53.8 Å². The molecule has 2 amide bonds. The van der Waals surface area contributed by atoms with Crippen LogP contribution < -0.4 is 0 Å². The van der Waals surface area contributed by atoms with Gasteiger partial charge in [-0.1, -0.05) is 6.92 Å². The molecule has 104 valence electrons. The summed E-state index contributed by atoms with van der Waals surface area (Å²) in [6, 6.07) is 0. The van der Waals surface area contributed by atoms with Gasteiger partial charge in [-0.15, -0.1) is 0 Å².